The van der Waals surface area contributed by atoms with Gasteiger partial charge in [0.1, 0.15) is 0 Å². The molecule has 0 amide bonds. The fraction of sp³-hybridized carbons (Fsp3) is 0. The van der Waals surface area contributed by atoms with Crippen LogP contribution in [0.1, 0.15) is 0 Å². The summed E-state index contributed by atoms with van der Waals surface area (Å²) in [6.45, 7) is 0. The fourth-order valence-corrected chi connectivity index (χ4v) is 0.642. The van der Waals surface area contributed by atoms with E-state index in [-0.39, 0.29) is 0 Å². The van der Waals surface area contributed by atoms with Gasteiger partial charge >= 0.3 is 35.6 Å². The van der Waals surface area contributed by atoms with Crippen molar-refractivity contribution < 1.29 is 17.0 Å². The van der Waals surface area contributed by atoms with Crippen LogP contribution < -0.4 is 0 Å². The fourth-order valence-electron chi connectivity index (χ4n) is 0.642. The summed E-state index contributed by atoms with van der Waals surface area (Å²) in [6, 6.07) is 20.0. The molecule has 3 heteroatoms. The summed E-state index contributed by atoms with van der Waals surface area (Å²) in [4.78, 5) is 0. The van der Waals surface area contributed by atoms with Crippen LogP contribution in [-0.2, 0) is 17.0 Å². The zero-order valence-corrected chi connectivity index (χ0v) is 10.1. The van der Waals surface area contributed by atoms with Crippen molar-refractivity contribution in [1.29, 1.82) is 0 Å². The summed E-state index contributed by atoms with van der Waals surface area (Å²) in [5, 5.41) is 0. The molecular formula is C10H10Cl2Ti-6. The number of hydrogen-bond acceptors (Lipinski definition) is 0. The van der Waals surface area contributed by atoms with Crippen LogP contribution in [0, 0.1) is 0 Å². The number of rotatable bonds is 0. The molecule has 0 aliphatic heterocycles. The van der Waals surface area contributed by atoms with Gasteiger partial charge in [-0.2, -0.15) is 18.2 Å². The van der Waals surface area contributed by atoms with Crippen molar-refractivity contribution in [2.45, 2.75) is 0 Å². The molecule has 2 aromatic carbocycles. The van der Waals surface area contributed by atoms with Crippen molar-refractivity contribution >= 4 is 18.6 Å². The Balaban J connectivity index is 0.000000174. The van der Waals surface area contributed by atoms with Crippen LogP contribution in [-0.4, -0.2) is 0 Å². The molecule has 0 atom stereocenters. The van der Waals surface area contributed by atoms with E-state index in [0.717, 1.165) is 0 Å². The summed E-state index contributed by atoms with van der Waals surface area (Å²) in [5.74, 6) is 0. The second-order valence-corrected chi connectivity index (χ2v) is 4.58. The maximum atomic E-state index is 4.89. The van der Waals surface area contributed by atoms with Gasteiger partial charge in [0.25, 0.3) is 0 Å². The monoisotopic (exact) mass is 248 g/mol. The van der Waals surface area contributed by atoms with E-state index in [2.05, 4.69) is 0 Å². The van der Waals surface area contributed by atoms with E-state index in [1.165, 1.54) is 0 Å². The van der Waals surface area contributed by atoms with Gasteiger partial charge in [-0.1, -0.05) is 0 Å². The smallest absolute Gasteiger partial charge is 0.172 e. The molecule has 0 aromatic heterocycles. The molecule has 0 nitrogen and oxygen atoms in total. The summed E-state index contributed by atoms with van der Waals surface area (Å²) < 4.78 is 0. The normalized spacial score (nSPS) is 7.23. The largest absolute Gasteiger partial charge is 0.748 e. The van der Waals surface area contributed by atoms with Gasteiger partial charge in [0, 0.05) is 0 Å². The Morgan fingerprint density at radius 3 is 1.23 bits per heavy atom. The second kappa shape index (κ2) is 12.0. The molecule has 0 aliphatic rings. The van der Waals surface area contributed by atoms with Gasteiger partial charge in [-0.15, -0.1) is 0 Å². The minimum atomic E-state index is -0.556. The van der Waals surface area contributed by atoms with Crippen molar-refractivity contribution in [2.24, 2.45) is 0 Å². The Morgan fingerprint density at radius 1 is 0.769 bits per heavy atom. The molecule has 0 radical (unpaired) electrons. The topological polar surface area (TPSA) is 0 Å². The quantitative estimate of drug-likeness (QED) is 0.485. The first kappa shape index (κ1) is 13.0. The van der Waals surface area contributed by atoms with E-state index < -0.39 is 17.0 Å². The van der Waals surface area contributed by atoms with Crippen LogP contribution in [0.5, 0.6) is 0 Å². The summed E-state index contributed by atoms with van der Waals surface area (Å²) in [7, 11) is 9.78. The average molecular weight is 249 g/mol. The van der Waals surface area contributed by atoms with Crippen molar-refractivity contribution in [3.8, 4) is 0 Å². The van der Waals surface area contributed by atoms with Crippen molar-refractivity contribution in [3.05, 3.63) is 60.7 Å². The maximum Gasteiger partial charge on any atom is -0.172 e. The van der Waals surface area contributed by atoms with E-state index >= 15 is 0 Å². The predicted molar refractivity (Wildman–Crippen MR) is 55.8 cm³/mol. The standard InChI is InChI=1S/2C5H5.2ClH.Ti/c2*1-2-4-5-3-1;;;/h2*1-5H;2*1H;/q-5;-1;;;+2/p-2. The van der Waals surface area contributed by atoms with Gasteiger partial charge in [0.15, 0.2) is 0 Å². The summed E-state index contributed by atoms with van der Waals surface area (Å²) in [5.41, 5.74) is 0. The van der Waals surface area contributed by atoms with Crippen molar-refractivity contribution in [2.75, 3.05) is 0 Å². The van der Waals surface area contributed by atoms with Crippen molar-refractivity contribution in [3.63, 3.8) is 0 Å². The second-order valence-electron chi connectivity index (χ2n) is 2.00. The molecule has 13 heavy (non-hydrogen) atoms. The Kier molecular flexibility index (Phi) is 12.0. The van der Waals surface area contributed by atoms with E-state index in [4.69, 9.17) is 18.6 Å². The minimum absolute atomic E-state index is 0.556. The molecule has 2 rings (SSSR count). The average Bonchev–Trinajstić information content (AvgIpc) is 2.85. The molecule has 0 heterocycles. The zero-order chi connectivity index (χ0) is 9.78. The maximum absolute atomic E-state index is 4.89. The molecule has 0 saturated carbocycles. The Hall–Kier alpha value is -0.00571. The third kappa shape index (κ3) is 12.0. The molecule has 2 aromatic rings. The Morgan fingerprint density at radius 2 is 1.08 bits per heavy atom. The molecule has 0 saturated heterocycles. The third-order valence-corrected chi connectivity index (χ3v) is 1.11. The minimum Gasteiger partial charge on any atom is -0.748 e. The molecule has 0 spiro atoms. The van der Waals surface area contributed by atoms with Crippen molar-refractivity contribution in [1.82, 2.24) is 0 Å². The van der Waals surface area contributed by atoms with E-state index in [1.54, 1.807) is 0 Å². The van der Waals surface area contributed by atoms with Crippen LogP contribution in [0.15, 0.2) is 60.7 Å². The third-order valence-electron chi connectivity index (χ3n) is 1.11. The molecule has 0 N–H and O–H groups in total. The SMILES string of the molecule is [Cl][Ti][Cl].[cH-]1[cH-][cH-][cH-][cH-]1.c1cc[cH-]c1. The van der Waals surface area contributed by atoms with Gasteiger partial charge in [-0.3, -0.25) is 0 Å². The van der Waals surface area contributed by atoms with Crippen LogP contribution in [0.2, 0.25) is 0 Å². The van der Waals surface area contributed by atoms with E-state index in [1.807, 2.05) is 60.7 Å². The predicted octanol–water partition coefficient (Wildman–Crippen LogP) is 4.19. The van der Waals surface area contributed by atoms with Crippen LogP contribution >= 0.6 is 18.6 Å². The first-order valence-electron chi connectivity index (χ1n) is 3.71. The summed E-state index contributed by atoms with van der Waals surface area (Å²) in [6.07, 6.45) is 0. The first-order chi connectivity index (χ1) is 6.41. The molecule has 0 fully saturated rings. The number of hydrogen-bond donors (Lipinski definition) is 0. The van der Waals surface area contributed by atoms with Gasteiger partial charge in [0.05, 0.1) is 0 Å². The van der Waals surface area contributed by atoms with E-state index in [0.29, 0.717) is 0 Å². The van der Waals surface area contributed by atoms with Crippen LogP contribution in [0.3, 0.4) is 0 Å². The van der Waals surface area contributed by atoms with E-state index in [9.17, 15) is 0 Å². The molecule has 0 bridgehead atoms. The van der Waals surface area contributed by atoms with Gasteiger partial charge in [0.2, 0.25) is 0 Å². The zero-order valence-electron chi connectivity index (χ0n) is 7.03. The Bertz CT molecular complexity index is 165. The number of halogens is 2. The molecular weight excluding hydrogens is 239 g/mol. The van der Waals surface area contributed by atoms with Crippen LogP contribution in [0.4, 0.5) is 0 Å². The van der Waals surface area contributed by atoms with Crippen LogP contribution in [0.25, 0.3) is 0 Å². The van der Waals surface area contributed by atoms with Gasteiger partial charge in [-0.05, 0) is 0 Å². The summed E-state index contributed by atoms with van der Waals surface area (Å²) >= 11 is -0.556. The molecule has 0 unspecified atom stereocenters. The van der Waals surface area contributed by atoms with Gasteiger partial charge in [-0.25, -0.2) is 12.1 Å². The Labute approximate surface area is 95.9 Å². The molecule has 74 valence electrons. The molecule has 0 aliphatic carbocycles. The van der Waals surface area contributed by atoms with Gasteiger partial charge < -0.3 is 30.3 Å². The first-order valence-corrected chi connectivity index (χ1v) is 8.01.